The van der Waals surface area contributed by atoms with Gasteiger partial charge in [-0.1, -0.05) is 13.0 Å². The fourth-order valence-electron chi connectivity index (χ4n) is 2.14. The van der Waals surface area contributed by atoms with E-state index in [2.05, 4.69) is 22.6 Å². The van der Waals surface area contributed by atoms with Gasteiger partial charge in [0.05, 0.1) is 16.7 Å². The largest absolute Gasteiger partial charge is 0.305 e. The molecule has 1 unspecified atom stereocenters. The van der Waals surface area contributed by atoms with Crippen molar-refractivity contribution in [2.75, 3.05) is 6.54 Å². The molecular formula is C15H19FN2S. The molecule has 0 bridgehead atoms. The highest BCUT2D eigenvalue weighted by Crippen LogP contribution is 2.26. The molecule has 0 aliphatic heterocycles. The van der Waals surface area contributed by atoms with Crippen molar-refractivity contribution >= 4 is 11.3 Å². The monoisotopic (exact) mass is 278 g/mol. The Hall–Kier alpha value is -1.26. The van der Waals surface area contributed by atoms with Crippen LogP contribution in [0.5, 0.6) is 0 Å². The first-order chi connectivity index (χ1) is 9.11. The molecule has 1 heterocycles. The van der Waals surface area contributed by atoms with Crippen LogP contribution in [0.2, 0.25) is 0 Å². The van der Waals surface area contributed by atoms with E-state index in [9.17, 15) is 4.39 Å². The van der Waals surface area contributed by atoms with Crippen molar-refractivity contribution in [3.63, 3.8) is 0 Å². The number of nitrogens with zero attached hydrogens (tertiary/aromatic N) is 1. The van der Waals surface area contributed by atoms with Crippen molar-refractivity contribution in [1.29, 1.82) is 0 Å². The van der Waals surface area contributed by atoms with Crippen LogP contribution in [-0.2, 0) is 0 Å². The Kier molecular flexibility index (Phi) is 4.66. The number of rotatable bonds is 5. The quantitative estimate of drug-likeness (QED) is 0.894. The van der Waals surface area contributed by atoms with Crippen molar-refractivity contribution < 1.29 is 4.39 Å². The van der Waals surface area contributed by atoms with Crippen LogP contribution in [0.4, 0.5) is 4.39 Å². The summed E-state index contributed by atoms with van der Waals surface area (Å²) in [6.07, 6.45) is 1.06. The molecule has 0 radical (unpaired) electrons. The third kappa shape index (κ3) is 3.39. The summed E-state index contributed by atoms with van der Waals surface area (Å²) in [5.74, 6) is -0.190. The Morgan fingerprint density at radius 1 is 1.37 bits per heavy atom. The van der Waals surface area contributed by atoms with Crippen LogP contribution in [0.25, 0.3) is 0 Å². The van der Waals surface area contributed by atoms with Crippen molar-refractivity contribution in [2.45, 2.75) is 33.2 Å². The van der Waals surface area contributed by atoms with E-state index in [1.165, 1.54) is 6.07 Å². The topological polar surface area (TPSA) is 24.9 Å². The lowest BCUT2D eigenvalue weighted by Crippen LogP contribution is -2.24. The average molecular weight is 278 g/mol. The van der Waals surface area contributed by atoms with E-state index in [0.29, 0.717) is 0 Å². The second-order valence-electron chi connectivity index (χ2n) is 4.68. The second-order valence-corrected chi connectivity index (χ2v) is 5.74. The van der Waals surface area contributed by atoms with Gasteiger partial charge in [-0.3, -0.25) is 0 Å². The standard InChI is InChI=1S/C15H19FN2S/c1-4-7-17-15(14-9-19-11(3)18-14)13-6-5-12(16)8-10(13)2/h5-6,8-9,15,17H,4,7H2,1-3H3. The molecule has 2 rings (SSSR count). The fourth-order valence-corrected chi connectivity index (χ4v) is 2.78. The van der Waals surface area contributed by atoms with E-state index in [4.69, 9.17) is 0 Å². The van der Waals surface area contributed by atoms with Crippen molar-refractivity contribution in [3.8, 4) is 0 Å². The molecule has 1 aromatic heterocycles. The Bertz CT molecular complexity index is 551. The molecule has 0 spiro atoms. The first-order valence-electron chi connectivity index (χ1n) is 6.53. The minimum Gasteiger partial charge on any atom is -0.305 e. The molecule has 2 nitrogen and oxygen atoms in total. The van der Waals surface area contributed by atoms with Gasteiger partial charge in [0.15, 0.2) is 0 Å². The van der Waals surface area contributed by atoms with Crippen LogP contribution in [0.3, 0.4) is 0 Å². The van der Waals surface area contributed by atoms with Gasteiger partial charge in [0, 0.05) is 5.38 Å². The zero-order chi connectivity index (χ0) is 13.8. The zero-order valence-corrected chi connectivity index (χ0v) is 12.4. The average Bonchev–Trinajstić information content (AvgIpc) is 2.78. The molecule has 0 aliphatic rings. The lowest BCUT2D eigenvalue weighted by molar-refractivity contribution is 0.581. The van der Waals surface area contributed by atoms with Crippen LogP contribution >= 0.6 is 11.3 Å². The minimum atomic E-state index is -0.190. The van der Waals surface area contributed by atoms with Gasteiger partial charge >= 0.3 is 0 Å². The Morgan fingerprint density at radius 3 is 2.74 bits per heavy atom. The normalized spacial score (nSPS) is 12.6. The number of halogens is 1. The molecule has 4 heteroatoms. The highest BCUT2D eigenvalue weighted by Gasteiger charge is 2.18. The Morgan fingerprint density at radius 2 is 2.16 bits per heavy atom. The van der Waals surface area contributed by atoms with Gasteiger partial charge in [-0.05, 0) is 50.1 Å². The maximum Gasteiger partial charge on any atom is 0.123 e. The SMILES string of the molecule is CCCNC(c1csc(C)n1)c1ccc(F)cc1C. The molecule has 0 fully saturated rings. The number of thiazole rings is 1. The molecule has 102 valence electrons. The third-order valence-electron chi connectivity index (χ3n) is 3.07. The second kappa shape index (κ2) is 6.26. The molecule has 1 aromatic carbocycles. The predicted octanol–water partition coefficient (Wildman–Crippen LogP) is 3.99. The van der Waals surface area contributed by atoms with Gasteiger partial charge in [0.2, 0.25) is 0 Å². The van der Waals surface area contributed by atoms with E-state index in [1.807, 2.05) is 19.9 Å². The first-order valence-corrected chi connectivity index (χ1v) is 7.41. The zero-order valence-electron chi connectivity index (χ0n) is 11.5. The van der Waals surface area contributed by atoms with Gasteiger partial charge in [-0.15, -0.1) is 11.3 Å². The third-order valence-corrected chi connectivity index (χ3v) is 3.87. The van der Waals surface area contributed by atoms with Crippen LogP contribution < -0.4 is 5.32 Å². The first kappa shape index (κ1) is 14.2. The van der Waals surface area contributed by atoms with E-state index < -0.39 is 0 Å². The highest BCUT2D eigenvalue weighted by atomic mass is 32.1. The molecule has 19 heavy (non-hydrogen) atoms. The van der Waals surface area contributed by atoms with E-state index in [-0.39, 0.29) is 11.9 Å². The fraction of sp³-hybridized carbons (Fsp3) is 0.400. The van der Waals surface area contributed by atoms with Gasteiger partial charge in [-0.2, -0.15) is 0 Å². The molecule has 0 saturated carbocycles. The Balaban J connectivity index is 2.36. The summed E-state index contributed by atoms with van der Waals surface area (Å²) in [7, 11) is 0. The smallest absolute Gasteiger partial charge is 0.123 e. The van der Waals surface area contributed by atoms with Gasteiger partial charge in [0.25, 0.3) is 0 Å². The summed E-state index contributed by atoms with van der Waals surface area (Å²) in [5, 5.41) is 6.63. The summed E-state index contributed by atoms with van der Waals surface area (Å²) >= 11 is 1.64. The summed E-state index contributed by atoms with van der Waals surface area (Å²) < 4.78 is 13.2. The molecule has 0 saturated heterocycles. The van der Waals surface area contributed by atoms with Crippen molar-refractivity contribution in [1.82, 2.24) is 10.3 Å². The molecule has 0 aliphatic carbocycles. The number of aryl methyl sites for hydroxylation is 2. The van der Waals surface area contributed by atoms with Crippen LogP contribution in [-0.4, -0.2) is 11.5 Å². The molecule has 0 amide bonds. The maximum absolute atomic E-state index is 13.2. The van der Waals surface area contributed by atoms with Gasteiger partial charge < -0.3 is 5.32 Å². The molecule has 1 atom stereocenters. The lowest BCUT2D eigenvalue weighted by atomic mass is 9.99. The van der Waals surface area contributed by atoms with Crippen LogP contribution in [0.1, 0.15) is 41.2 Å². The predicted molar refractivity (Wildman–Crippen MR) is 78.1 cm³/mol. The summed E-state index contributed by atoms with van der Waals surface area (Å²) in [4.78, 5) is 4.57. The number of nitrogens with one attached hydrogen (secondary N) is 1. The Labute approximate surface area is 117 Å². The van der Waals surface area contributed by atoms with Gasteiger partial charge in [-0.25, -0.2) is 9.37 Å². The summed E-state index contributed by atoms with van der Waals surface area (Å²) in [5.41, 5.74) is 3.07. The molecule has 1 N–H and O–H groups in total. The highest BCUT2D eigenvalue weighted by molar-refractivity contribution is 7.09. The van der Waals surface area contributed by atoms with E-state index in [0.717, 1.165) is 34.8 Å². The van der Waals surface area contributed by atoms with Crippen molar-refractivity contribution in [2.24, 2.45) is 0 Å². The molecular weight excluding hydrogens is 259 g/mol. The van der Waals surface area contributed by atoms with Gasteiger partial charge in [0.1, 0.15) is 5.82 Å². The van der Waals surface area contributed by atoms with Crippen LogP contribution in [0.15, 0.2) is 23.6 Å². The lowest BCUT2D eigenvalue weighted by Gasteiger charge is -2.19. The van der Waals surface area contributed by atoms with E-state index in [1.54, 1.807) is 17.4 Å². The number of hydrogen-bond donors (Lipinski definition) is 1. The molecule has 2 aromatic rings. The summed E-state index contributed by atoms with van der Waals surface area (Å²) in [6, 6.07) is 5.00. The summed E-state index contributed by atoms with van der Waals surface area (Å²) in [6.45, 7) is 6.99. The maximum atomic E-state index is 13.2. The number of benzene rings is 1. The minimum absolute atomic E-state index is 0.0468. The number of aromatic nitrogens is 1. The van der Waals surface area contributed by atoms with E-state index >= 15 is 0 Å². The number of hydrogen-bond acceptors (Lipinski definition) is 3. The van der Waals surface area contributed by atoms with Crippen LogP contribution in [0, 0.1) is 19.7 Å². The van der Waals surface area contributed by atoms with Crippen molar-refractivity contribution in [3.05, 3.63) is 51.2 Å².